The molecule has 3 heterocycles. The van der Waals surface area contributed by atoms with E-state index in [-0.39, 0.29) is 17.7 Å². The van der Waals surface area contributed by atoms with Crippen molar-refractivity contribution in [3.05, 3.63) is 36.7 Å². The van der Waals surface area contributed by atoms with E-state index in [2.05, 4.69) is 20.0 Å². The number of aromatic nitrogens is 4. The smallest absolute Gasteiger partial charge is 0.323 e. The van der Waals surface area contributed by atoms with E-state index in [1.807, 2.05) is 30.3 Å². The maximum Gasteiger partial charge on any atom is 0.323 e. The lowest BCUT2D eigenvalue weighted by molar-refractivity contribution is -0.149. The van der Waals surface area contributed by atoms with Crippen LogP contribution in [0.1, 0.15) is 33.9 Å². The molecule has 4 N–H and O–H groups in total. The van der Waals surface area contributed by atoms with Crippen LogP contribution in [0.25, 0.3) is 11.2 Å². The fourth-order valence-electron chi connectivity index (χ4n) is 4.85. The van der Waals surface area contributed by atoms with Crippen LogP contribution >= 0.6 is 17.0 Å². The SMILES string of the molecule is CC(C)OC(=O)[C@@H](C)NP(=S)(OC1[C@H]2O[C@@H](n3cnc4c(N(C)C)nc(N)nc43)[C@](C)(F)[C@@]12O)Sc1ccccc1. The van der Waals surface area contributed by atoms with Gasteiger partial charge in [0.15, 0.2) is 40.1 Å². The van der Waals surface area contributed by atoms with Gasteiger partial charge in [0.05, 0.1) is 12.4 Å². The van der Waals surface area contributed by atoms with Crippen molar-refractivity contribution in [1.29, 1.82) is 0 Å². The number of carbonyl (C=O) groups is 1. The number of halogens is 1. The summed E-state index contributed by atoms with van der Waals surface area (Å²) in [5.41, 5.74) is -0.929. The van der Waals surface area contributed by atoms with Crippen LogP contribution in [0.5, 0.6) is 0 Å². The molecule has 2 unspecified atom stereocenters. The van der Waals surface area contributed by atoms with Gasteiger partial charge in [-0.05, 0) is 63.0 Å². The summed E-state index contributed by atoms with van der Waals surface area (Å²) < 4.78 is 35.7. The zero-order chi connectivity index (χ0) is 29.9. The summed E-state index contributed by atoms with van der Waals surface area (Å²) in [6.07, 6.45) is -2.34. The monoisotopic (exact) mass is 625 g/mol. The zero-order valence-electron chi connectivity index (χ0n) is 23.4. The van der Waals surface area contributed by atoms with Crippen molar-refractivity contribution in [3.63, 3.8) is 0 Å². The minimum atomic E-state index is -3.15. The Labute approximate surface area is 246 Å². The normalized spacial score (nSPS) is 29.2. The van der Waals surface area contributed by atoms with E-state index in [4.69, 9.17) is 31.5 Å². The molecule has 2 fully saturated rings. The minimum absolute atomic E-state index is 0.0126. The predicted octanol–water partition coefficient (Wildman–Crippen LogP) is 3.18. The van der Waals surface area contributed by atoms with E-state index < -0.39 is 47.3 Å². The molecule has 2 aromatic heterocycles. The first kappa shape index (κ1) is 30.1. The highest BCUT2D eigenvalue weighted by molar-refractivity contribution is 8.68. The third kappa shape index (κ3) is 5.33. The van der Waals surface area contributed by atoms with Gasteiger partial charge in [-0.2, -0.15) is 9.97 Å². The molecule has 7 atom stereocenters. The van der Waals surface area contributed by atoms with Gasteiger partial charge in [0.25, 0.3) is 0 Å². The molecule has 1 aromatic carbocycles. The summed E-state index contributed by atoms with van der Waals surface area (Å²) in [6, 6.07) is 8.44. The van der Waals surface area contributed by atoms with E-state index in [1.165, 1.54) is 29.2 Å². The molecule has 12 nitrogen and oxygen atoms in total. The minimum Gasteiger partial charge on any atom is -0.462 e. The fourth-order valence-corrected chi connectivity index (χ4v) is 10.5. The lowest BCUT2D eigenvalue weighted by Gasteiger charge is -2.33. The molecule has 41 heavy (non-hydrogen) atoms. The number of imidazole rings is 1. The standard InChI is InChI=1S/C25H33FN7O5PS2/c1-13(2)36-21(34)14(3)31-39(40,41-15-10-8-7-9-11-15)38-18-17-25(18,35)24(4,26)22(37-17)33-12-28-16-19(32(5)6)29-23(27)30-20(16)33/h7-14,17-18,22,35H,1-6H3,(H,31,40)(H2,27,29,30)/t14-,17-,18?,22-,24+,25+,39?/m1/s1. The number of hydrogen-bond acceptors (Lipinski definition) is 12. The van der Waals surface area contributed by atoms with E-state index >= 15 is 4.39 Å². The molecule has 222 valence electrons. The Morgan fingerprint density at radius 2 is 2.00 bits per heavy atom. The zero-order valence-corrected chi connectivity index (χ0v) is 25.9. The molecule has 1 saturated carbocycles. The van der Waals surface area contributed by atoms with Crippen LogP contribution in [-0.2, 0) is 30.6 Å². The van der Waals surface area contributed by atoms with Gasteiger partial charge in [-0.3, -0.25) is 9.36 Å². The number of rotatable bonds is 10. The Kier molecular flexibility index (Phi) is 7.86. The average Bonchev–Trinajstić information content (AvgIpc) is 3.14. The van der Waals surface area contributed by atoms with Crippen LogP contribution in [0.2, 0.25) is 0 Å². The topological polar surface area (TPSA) is 150 Å². The highest BCUT2D eigenvalue weighted by Gasteiger charge is 2.85. The first-order valence-corrected chi connectivity index (χ1v) is 17.1. The largest absolute Gasteiger partial charge is 0.462 e. The number of nitrogens with one attached hydrogen (secondary N) is 1. The van der Waals surface area contributed by atoms with Gasteiger partial charge in [-0.25, -0.2) is 14.5 Å². The van der Waals surface area contributed by atoms with Gasteiger partial charge in [0, 0.05) is 19.0 Å². The molecule has 1 aliphatic heterocycles. The number of nitrogens with zero attached hydrogens (tertiary/aromatic N) is 5. The second kappa shape index (κ2) is 10.7. The molecule has 16 heteroatoms. The van der Waals surface area contributed by atoms with E-state index in [0.29, 0.717) is 11.3 Å². The van der Waals surface area contributed by atoms with E-state index in [1.54, 1.807) is 39.8 Å². The lowest BCUT2D eigenvalue weighted by Crippen LogP contribution is -2.45. The molecule has 0 radical (unpaired) electrons. The van der Waals surface area contributed by atoms with Gasteiger partial charge in [-0.1, -0.05) is 18.2 Å². The van der Waals surface area contributed by atoms with Gasteiger partial charge >= 0.3 is 5.97 Å². The van der Waals surface area contributed by atoms with E-state index in [9.17, 15) is 9.90 Å². The molecule has 5 rings (SSSR count). The van der Waals surface area contributed by atoms with Crippen LogP contribution in [0.15, 0.2) is 41.6 Å². The van der Waals surface area contributed by atoms with E-state index in [0.717, 1.165) is 4.90 Å². The predicted molar refractivity (Wildman–Crippen MR) is 158 cm³/mol. The summed E-state index contributed by atoms with van der Waals surface area (Å²) in [5, 5.41) is 14.7. The number of esters is 1. The summed E-state index contributed by atoms with van der Waals surface area (Å²) >= 11 is 7.14. The summed E-state index contributed by atoms with van der Waals surface area (Å²) in [6.45, 7) is 6.36. The van der Waals surface area contributed by atoms with Crippen molar-refractivity contribution in [2.24, 2.45) is 0 Å². The molecule has 0 bridgehead atoms. The van der Waals surface area contributed by atoms with Crippen molar-refractivity contribution < 1.29 is 28.3 Å². The Morgan fingerprint density at radius 1 is 1.32 bits per heavy atom. The summed E-state index contributed by atoms with van der Waals surface area (Å²) in [7, 11) is 3.56. The maximum atomic E-state index is 16.6. The summed E-state index contributed by atoms with van der Waals surface area (Å²) in [4.78, 5) is 27.9. The number of hydrogen-bond donors (Lipinski definition) is 3. The first-order valence-electron chi connectivity index (χ1n) is 12.9. The number of alkyl halides is 1. The highest BCUT2D eigenvalue weighted by Crippen LogP contribution is 2.70. The van der Waals surface area contributed by atoms with Crippen molar-refractivity contribution in [2.45, 2.75) is 74.4 Å². The number of fused-ring (bicyclic) bond motifs is 2. The number of ether oxygens (including phenoxy) is 2. The molecule has 1 aliphatic carbocycles. The molecular weight excluding hydrogens is 592 g/mol. The van der Waals surface area contributed by atoms with Crippen molar-refractivity contribution in [3.8, 4) is 0 Å². The van der Waals surface area contributed by atoms with Gasteiger partial charge in [0.1, 0.15) is 18.2 Å². The van der Waals surface area contributed by atoms with Crippen molar-refractivity contribution in [1.82, 2.24) is 24.6 Å². The quantitative estimate of drug-likeness (QED) is 0.224. The molecule has 1 saturated heterocycles. The third-order valence-electron chi connectivity index (χ3n) is 6.93. The number of anilines is 2. The van der Waals surface area contributed by atoms with Crippen molar-refractivity contribution >= 4 is 57.7 Å². The Hall–Kier alpha value is -2.39. The van der Waals surface area contributed by atoms with Crippen LogP contribution in [0.3, 0.4) is 0 Å². The van der Waals surface area contributed by atoms with Crippen molar-refractivity contribution in [2.75, 3.05) is 24.7 Å². The van der Waals surface area contributed by atoms with Crippen LogP contribution < -0.4 is 15.7 Å². The fraction of sp³-hybridized carbons (Fsp3) is 0.520. The number of carbonyl (C=O) groups excluding carboxylic acids is 1. The number of benzene rings is 1. The van der Waals surface area contributed by atoms with Gasteiger partial charge < -0.3 is 29.7 Å². The number of nitrogens with two attached hydrogens (primary N) is 1. The van der Waals surface area contributed by atoms with Crippen LogP contribution in [0, 0.1) is 0 Å². The van der Waals surface area contributed by atoms with Gasteiger partial charge in [-0.15, -0.1) is 0 Å². The Bertz CT molecular complexity index is 1510. The Balaban J connectivity index is 1.41. The highest BCUT2D eigenvalue weighted by atomic mass is 32.9. The summed E-state index contributed by atoms with van der Waals surface area (Å²) in [5.74, 6) is -0.0516. The van der Waals surface area contributed by atoms with Gasteiger partial charge in [0.2, 0.25) is 5.95 Å². The molecular formula is C25H33FN7O5PS2. The Morgan fingerprint density at radius 3 is 2.59 bits per heavy atom. The maximum absolute atomic E-state index is 16.6. The molecule has 0 amide bonds. The van der Waals surface area contributed by atoms with Crippen LogP contribution in [-0.4, -0.2) is 80.3 Å². The second-order valence-electron chi connectivity index (χ2n) is 10.7. The second-order valence-corrected chi connectivity index (χ2v) is 17.1. The molecule has 0 spiro atoms. The number of nitrogen functional groups attached to an aromatic ring is 1. The molecule has 2 aliphatic rings. The average molecular weight is 626 g/mol. The third-order valence-corrected chi connectivity index (χ3v) is 12.0. The first-order chi connectivity index (χ1) is 19.2. The molecule has 3 aromatic rings. The van der Waals surface area contributed by atoms with Crippen LogP contribution in [0.4, 0.5) is 16.2 Å². The number of aliphatic hydroxyl groups is 1. The lowest BCUT2D eigenvalue weighted by atomic mass is 9.97.